The maximum atomic E-state index is 12.4. The largest absolute Gasteiger partial charge is 0.478 e. The van der Waals surface area contributed by atoms with Crippen molar-refractivity contribution in [2.45, 2.75) is 38.7 Å². The summed E-state index contributed by atoms with van der Waals surface area (Å²) in [5.74, 6) is -0.906. The summed E-state index contributed by atoms with van der Waals surface area (Å²) < 4.78 is 5.16. The Labute approximate surface area is 124 Å². The quantitative estimate of drug-likeness (QED) is 0.905. The Morgan fingerprint density at radius 2 is 2.19 bits per heavy atom. The van der Waals surface area contributed by atoms with Gasteiger partial charge in [-0.05, 0) is 43.9 Å². The number of carbonyl (C=O) groups excluding carboxylic acids is 1. The molecular weight excluding hydrogens is 270 g/mol. The first-order chi connectivity index (χ1) is 10.0. The summed E-state index contributed by atoms with van der Waals surface area (Å²) in [4.78, 5) is 25.4. The lowest BCUT2D eigenvalue weighted by atomic mass is 9.96. The summed E-state index contributed by atoms with van der Waals surface area (Å²) in [5.41, 5.74) is 1.82. The highest BCUT2D eigenvalue weighted by Crippen LogP contribution is 2.30. The van der Waals surface area contributed by atoms with Gasteiger partial charge in [0.05, 0.1) is 11.7 Å². The molecule has 5 heteroatoms. The van der Waals surface area contributed by atoms with E-state index in [0.29, 0.717) is 31.4 Å². The van der Waals surface area contributed by atoms with Gasteiger partial charge < -0.3 is 14.7 Å². The number of hydrogen-bond acceptors (Lipinski definition) is 3. The smallest absolute Gasteiger partial charge is 0.336 e. The molecule has 114 valence electrons. The second kappa shape index (κ2) is 6.72. The lowest BCUT2D eigenvalue weighted by Gasteiger charge is -2.30. The topological polar surface area (TPSA) is 66.8 Å². The number of fused-ring (bicyclic) bond motifs is 1. The van der Waals surface area contributed by atoms with E-state index in [1.165, 1.54) is 0 Å². The van der Waals surface area contributed by atoms with E-state index in [9.17, 15) is 14.7 Å². The normalized spacial score (nSPS) is 15.4. The third-order valence-corrected chi connectivity index (χ3v) is 3.95. The number of carboxylic acid groups (broad SMARTS) is 1. The number of nitrogens with zero attached hydrogens (tertiary/aromatic N) is 1. The van der Waals surface area contributed by atoms with Gasteiger partial charge in [0.15, 0.2) is 0 Å². The molecule has 0 saturated heterocycles. The van der Waals surface area contributed by atoms with Gasteiger partial charge in [0.25, 0.3) is 0 Å². The number of amides is 1. The third kappa shape index (κ3) is 3.42. The van der Waals surface area contributed by atoms with Gasteiger partial charge in [-0.2, -0.15) is 0 Å². The Kier molecular flexibility index (Phi) is 4.96. The molecule has 1 unspecified atom stereocenters. The summed E-state index contributed by atoms with van der Waals surface area (Å²) >= 11 is 0. The van der Waals surface area contributed by atoms with Crippen molar-refractivity contribution in [2.75, 3.05) is 18.6 Å². The van der Waals surface area contributed by atoms with Crippen LogP contribution in [0.25, 0.3) is 0 Å². The standard InChI is InChI=1S/C16H21NO4/c1-11(21-2)8-9-15(18)17-10-4-6-12-13(16(19)20)5-3-7-14(12)17/h3,5,7,11H,4,6,8-10H2,1-2H3,(H,19,20). The Bertz CT molecular complexity index is 541. The van der Waals surface area contributed by atoms with Crippen molar-refractivity contribution in [1.29, 1.82) is 0 Å². The zero-order chi connectivity index (χ0) is 15.4. The molecule has 1 aromatic carbocycles. The molecular formula is C16H21NO4. The Balaban J connectivity index is 2.20. The first-order valence-electron chi connectivity index (χ1n) is 7.23. The molecule has 0 radical (unpaired) electrons. The van der Waals surface area contributed by atoms with E-state index in [0.717, 1.165) is 17.7 Å². The molecule has 1 aliphatic heterocycles. The minimum absolute atomic E-state index is 0.0300. The van der Waals surface area contributed by atoms with Gasteiger partial charge in [0.1, 0.15) is 0 Å². The fraction of sp³-hybridized carbons (Fsp3) is 0.500. The number of carbonyl (C=O) groups is 2. The fourth-order valence-electron chi connectivity index (χ4n) is 2.66. The van der Waals surface area contributed by atoms with Gasteiger partial charge in [-0.3, -0.25) is 4.79 Å². The van der Waals surface area contributed by atoms with Gasteiger partial charge in [-0.1, -0.05) is 6.07 Å². The van der Waals surface area contributed by atoms with E-state index in [2.05, 4.69) is 0 Å². The Hall–Kier alpha value is -1.88. The first-order valence-corrected chi connectivity index (χ1v) is 7.23. The van der Waals surface area contributed by atoms with E-state index >= 15 is 0 Å². The van der Waals surface area contributed by atoms with Crippen LogP contribution in [0.5, 0.6) is 0 Å². The molecule has 1 atom stereocenters. The molecule has 2 rings (SSSR count). The molecule has 0 bridgehead atoms. The summed E-state index contributed by atoms with van der Waals surface area (Å²) in [6.45, 7) is 2.58. The number of hydrogen-bond donors (Lipinski definition) is 1. The number of benzene rings is 1. The van der Waals surface area contributed by atoms with Crippen LogP contribution in [0, 0.1) is 0 Å². The summed E-state index contributed by atoms with van der Waals surface area (Å²) in [6.07, 6.45) is 2.62. The molecule has 0 spiro atoms. The van der Waals surface area contributed by atoms with Crippen LogP contribution in [0.3, 0.4) is 0 Å². The van der Waals surface area contributed by atoms with E-state index in [1.807, 2.05) is 13.0 Å². The molecule has 0 fully saturated rings. The van der Waals surface area contributed by atoms with Gasteiger partial charge in [0.2, 0.25) is 5.91 Å². The number of aromatic carboxylic acids is 1. The predicted octanol–water partition coefficient (Wildman–Crippen LogP) is 2.48. The van der Waals surface area contributed by atoms with Gasteiger partial charge in [-0.25, -0.2) is 4.79 Å². The van der Waals surface area contributed by atoms with E-state index in [-0.39, 0.29) is 12.0 Å². The van der Waals surface area contributed by atoms with Crippen molar-refractivity contribution in [1.82, 2.24) is 0 Å². The highest BCUT2D eigenvalue weighted by Gasteiger charge is 2.25. The minimum atomic E-state index is -0.936. The Morgan fingerprint density at radius 1 is 1.43 bits per heavy atom. The molecule has 1 heterocycles. The van der Waals surface area contributed by atoms with E-state index in [1.54, 1.807) is 24.1 Å². The van der Waals surface area contributed by atoms with Crippen molar-refractivity contribution < 1.29 is 19.4 Å². The molecule has 0 aliphatic carbocycles. The van der Waals surface area contributed by atoms with Crippen molar-refractivity contribution in [2.24, 2.45) is 0 Å². The highest BCUT2D eigenvalue weighted by molar-refractivity contribution is 5.98. The maximum Gasteiger partial charge on any atom is 0.336 e. The molecule has 0 aromatic heterocycles. The van der Waals surface area contributed by atoms with Gasteiger partial charge in [0, 0.05) is 25.8 Å². The van der Waals surface area contributed by atoms with E-state index < -0.39 is 5.97 Å². The van der Waals surface area contributed by atoms with Gasteiger partial charge in [-0.15, -0.1) is 0 Å². The first kappa shape index (κ1) is 15.5. The molecule has 5 nitrogen and oxygen atoms in total. The number of anilines is 1. The fourth-order valence-corrected chi connectivity index (χ4v) is 2.66. The average molecular weight is 291 g/mol. The van der Waals surface area contributed by atoms with Crippen molar-refractivity contribution in [3.8, 4) is 0 Å². The minimum Gasteiger partial charge on any atom is -0.478 e. The van der Waals surface area contributed by atoms with Crippen LogP contribution >= 0.6 is 0 Å². The highest BCUT2D eigenvalue weighted by atomic mass is 16.5. The molecule has 1 N–H and O–H groups in total. The summed E-state index contributed by atoms with van der Waals surface area (Å²) in [5, 5.41) is 9.25. The SMILES string of the molecule is COC(C)CCC(=O)N1CCCc2c(C(=O)O)cccc21. The molecule has 1 aliphatic rings. The van der Waals surface area contributed by atoms with Gasteiger partial charge >= 0.3 is 5.97 Å². The van der Waals surface area contributed by atoms with Crippen LogP contribution in [-0.2, 0) is 16.0 Å². The monoisotopic (exact) mass is 291 g/mol. The van der Waals surface area contributed by atoms with Crippen molar-refractivity contribution >= 4 is 17.6 Å². The lowest BCUT2D eigenvalue weighted by molar-refractivity contribution is -0.119. The second-order valence-electron chi connectivity index (χ2n) is 5.34. The molecule has 21 heavy (non-hydrogen) atoms. The third-order valence-electron chi connectivity index (χ3n) is 3.95. The van der Waals surface area contributed by atoms with Crippen LogP contribution in [0.15, 0.2) is 18.2 Å². The zero-order valence-corrected chi connectivity index (χ0v) is 12.5. The van der Waals surface area contributed by atoms with Crippen LogP contribution in [-0.4, -0.2) is 36.7 Å². The number of carboxylic acids is 1. The molecule has 1 amide bonds. The van der Waals surface area contributed by atoms with Crippen molar-refractivity contribution in [3.63, 3.8) is 0 Å². The summed E-state index contributed by atoms with van der Waals surface area (Å²) in [6, 6.07) is 5.13. The second-order valence-corrected chi connectivity index (χ2v) is 5.34. The molecule has 0 saturated carbocycles. The number of ether oxygens (including phenoxy) is 1. The van der Waals surface area contributed by atoms with Crippen LogP contribution in [0.2, 0.25) is 0 Å². The van der Waals surface area contributed by atoms with Crippen LogP contribution in [0.4, 0.5) is 5.69 Å². The maximum absolute atomic E-state index is 12.4. The Morgan fingerprint density at radius 3 is 2.86 bits per heavy atom. The number of methoxy groups -OCH3 is 1. The van der Waals surface area contributed by atoms with E-state index in [4.69, 9.17) is 4.74 Å². The molecule has 1 aromatic rings. The summed E-state index contributed by atoms with van der Waals surface area (Å²) in [7, 11) is 1.63. The zero-order valence-electron chi connectivity index (χ0n) is 12.5. The van der Waals surface area contributed by atoms with Crippen molar-refractivity contribution in [3.05, 3.63) is 29.3 Å². The van der Waals surface area contributed by atoms with Crippen LogP contribution in [0.1, 0.15) is 42.1 Å². The van der Waals surface area contributed by atoms with Crippen LogP contribution < -0.4 is 4.90 Å². The predicted molar refractivity (Wildman–Crippen MR) is 79.8 cm³/mol. The lowest BCUT2D eigenvalue weighted by Crippen LogP contribution is -2.36. The average Bonchev–Trinajstić information content (AvgIpc) is 2.50. The number of rotatable bonds is 5.